The number of hydrogen-bond acceptors (Lipinski definition) is 3. The number of halogens is 1. The maximum Gasteiger partial charge on any atom is 0.254 e. The lowest BCUT2D eigenvalue weighted by Crippen LogP contribution is -2.28. The SMILES string of the molecule is CCCC(NC(=O)c1cc(S)ccc1F)c1cccs1. The van der Waals surface area contributed by atoms with Crippen molar-refractivity contribution in [2.75, 3.05) is 0 Å². The van der Waals surface area contributed by atoms with Crippen LogP contribution in [0.2, 0.25) is 0 Å². The van der Waals surface area contributed by atoms with E-state index in [9.17, 15) is 9.18 Å². The molecule has 1 unspecified atom stereocenters. The van der Waals surface area contributed by atoms with Gasteiger partial charge in [0.25, 0.3) is 5.91 Å². The summed E-state index contributed by atoms with van der Waals surface area (Å²) in [5, 5.41) is 4.87. The van der Waals surface area contributed by atoms with Gasteiger partial charge in [0.15, 0.2) is 0 Å². The predicted molar refractivity (Wildman–Crippen MR) is 83.1 cm³/mol. The first-order valence-corrected chi connectivity index (χ1v) is 7.77. The molecule has 0 saturated heterocycles. The highest BCUT2D eigenvalue weighted by atomic mass is 32.1. The Morgan fingerprint density at radius 2 is 2.25 bits per heavy atom. The van der Waals surface area contributed by atoms with Crippen LogP contribution in [0.15, 0.2) is 40.6 Å². The van der Waals surface area contributed by atoms with Crippen molar-refractivity contribution in [2.45, 2.75) is 30.7 Å². The Kier molecular flexibility index (Phi) is 5.20. The minimum absolute atomic E-state index is 0.0372. The van der Waals surface area contributed by atoms with Gasteiger partial charge in [-0.1, -0.05) is 19.4 Å². The number of rotatable bonds is 5. The van der Waals surface area contributed by atoms with Crippen molar-refractivity contribution in [3.05, 3.63) is 52.0 Å². The molecule has 0 bridgehead atoms. The lowest BCUT2D eigenvalue weighted by molar-refractivity contribution is 0.0931. The van der Waals surface area contributed by atoms with Crippen LogP contribution >= 0.6 is 24.0 Å². The van der Waals surface area contributed by atoms with E-state index >= 15 is 0 Å². The third-order valence-electron chi connectivity index (χ3n) is 2.96. The number of hydrogen-bond donors (Lipinski definition) is 2. The Balaban J connectivity index is 2.18. The molecule has 0 radical (unpaired) electrons. The summed E-state index contributed by atoms with van der Waals surface area (Å²) in [6, 6.07) is 8.09. The van der Waals surface area contributed by atoms with E-state index in [1.54, 1.807) is 11.3 Å². The Bertz CT molecular complexity index is 584. The molecular weight excluding hydrogens is 293 g/mol. The zero-order valence-corrected chi connectivity index (χ0v) is 12.8. The van der Waals surface area contributed by atoms with E-state index in [1.807, 2.05) is 17.5 Å². The van der Waals surface area contributed by atoms with E-state index in [4.69, 9.17) is 0 Å². The normalized spacial score (nSPS) is 12.2. The molecule has 1 aromatic heterocycles. The van der Waals surface area contributed by atoms with E-state index in [0.717, 1.165) is 17.7 Å². The number of thiol groups is 1. The van der Waals surface area contributed by atoms with Crippen LogP contribution < -0.4 is 5.32 Å². The van der Waals surface area contributed by atoms with E-state index in [-0.39, 0.29) is 11.6 Å². The lowest BCUT2D eigenvalue weighted by Gasteiger charge is -2.17. The van der Waals surface area contributed by atoms with Gasteiger partial charge in [-0.2, -0.15) is 0 Å². The summed E-state index contributed by atoms with van der Waals surface area (Å²) in [4.78, 5) is 13.9. The van der Waals surface area contributed by atoms with Crippen LogP contribution in [-0.4, -0.2) is 5.91 Å². The van der Waals surface area contributed by atoms with Crippen molar-refractivity contribution in [3.63, 3.8) is 0 Å². The minimum Gasteiger partial charge on any atom is -0.344 e. The summed E-state index contributed by atoms with van der Waals surface area (Å²) < 4.78 is 13.7. The molecule has 0 saturated carbocycles. The van der Waals surface area contributed by atoms with Crippen molar-refractivity contribution in [3.8, 4) is 0 Å². The number of carbonyl (C=O) groups excluding carboxylic acids is 1. The van der Waals surface area contributed by atoms with Gasteiger partial charge in [-0.05, 0) is 36.1 Å². The monoisotopic (exact) mass is 309 g/mol. The van der Waals surface area contributed by atoms with Gasteiger partial charge in [0.2, 0.25) is 0 Å². The van der Waals surface area contributed by atoms with Gasteiger partial charge < -0.3 is 5.32 Å². The Labute approximate surface area is 127 Å². The molecule has 0 aliphatic carbocycles. The first-order chi connectivity index (χ1) is 9.61. The molecule has 5 heteroatoms. The Hall–Kier alpha value is -1.33. The largest absolute Gasteiger partial charge is 0.344 e. The van der Waals surface area contributed by atoms with E-state index in [2.05, 4.69) is 24.9 Å². The summed E-state index contributed by atoms with van der Waals surface area (Å²) in [6.07, 6.45) is 1.77. The highest BCUT2D eigenvalue weighted by Gasteiger charge is 2.18. The molecule has 2 nitrogen and oxygen atoms in total. The Morgan fingerprint density at radius 3 is 2.90 bits per heavy atom. The summed E-state index contributed by atoms with van der Waals surface area (Å²) in [7, 11) is 0. The van der Waals surface area contributed by atoms with Crippen LogP contribution in [0, 0.1) is 5.82 Å². The molecule has 1 heterocycles. The molecule has 20 heavy (non-hydrogen) atoms. The van der Waals surface area contributed by atoms with Crippen molar-refractivity contribution in [2.24, 2.45) is 0 Å². The van der Waals surface area contributed by atoms with Crippen molar-refractivity contribution < 1.29 is 9.18 Å². The fourth-order valence-electron chi connectivity index (χ4n) is 1.99. The molecule has 1 N–H and O–H groups in total. The lowest BCUT2D eigenvalue weighted by atomic mass is 10.1. The maximum atomic E-state index is 13.7. The summed E-state index contributed by atoms with van der Waals surface area (Å²) in [6.45, 7) is 2.06. The summed E-state index contributed by atoms with van der Waals surface area (Å²) in [5.74, 6) is -0.924. The molecular formula is C15H16FNOS2. The van der Waals surface area contributed by atoms with E-state index in [1.165, 1.54) is 18.2 Å². The molecule has 1 atom stereocenters. The molecule has 0 aliphatic rings. The fourth-order valence-corrected chi connectivity index (χ4v) is 3.00. The van der Waals surface area contributed by atoms with E-state index < -0.39 is 11.7 Å². The van der Waals surface area contributed by atoms with Crippen LogP contribution in [0.25, 0.3) is 0 Å². The molecule has 106 valence electrons. The molecule has 2 rings (SSSR count). The third-order valence-corrected chi connectivity index (χ3v) is 4.23. The second kappa shape index (κ2) is 6.90. The third kappa shape index (κ3) is 3.61. The van der Waals surface area contributed by atoms with Gasteiger partial charge in [0.1, 0.15) is 5.82 Å². The number of amides is 1. The maximum absolute atomic E-state index is 13.7. The van der Waals surface area contributed by atoms with Crippen molar-refractivity contribution in [1.29, 1.82) is 0 Å². The van der Waals surface area contributed by atoms with Crippen LogP contribution in [0.3, 0.4) is 0 Å². The predicted octanol–water partition coefficient (Wildman–Crippen LogP) is 4.45. The number of carbonyl (C=O) groups is 1. The average Bonchev–Trinajstić information content (AvgIpc) is 2.95. The van der Waals surface area contributed by atoms with Gasteiger partial charge in [-0.15, -0.1) is 24.0 Å². The molecule has 1 amide bonds. The number of thiophene rings is 1. The second-order valence-corrected chi connectivity index (χ2v) is 5.99. The zero-order valence-electron chi connectivity index (χ0n) is 11.1. The van der Waals surface area contributed by atoms with Gasteiger partial charge in [0.05, 0.1) is 11.6 Å². The fraction of sp³-hybridized carbons (Fsp3) is 0.267. The average molecular weight is 309 g/mol. The first kappa shape index (κ1) is 15.1. The number of benzene rings is 1. The van der Waals surface area contributed by atoms with Crippen LogP contribution in [-0.2, 0) is 0 Å². The number of nitrogens with one attached hydrogen (secondary N) is 1. The van der Waals surface area contributed by atoms with Gasteiger partial charge in [-0.25, -0.2) is 4.39 Å². The smallest absolute Gasteiger partial charge is 0.254 e. The second-order valence-electron chi connectivity index (χ2n) is 4.49. The molecule has 0 spiro atoms. The highest BCUT2D eigenvalue weighted by Crippen LogP contribution is 2.24. The molecule has 1 aromatic carbocycles. The van der Waals surface area contributed by atoms with Gasteiger partial charge >= 0.3 is 0 Å². The van der Waals surface area contributed by atoms with Crippen LogP contribution in [0.4, 0.5) is 4.39 Å². The first-order valence-electron chi connectivity index (χ1n) is 6.44. The summed E-state index contributed by atoms with van der Waals surface area (Å²) >= 11 is 5.74. The molecule has 2 aromatic rings. The highest BCUT2D eigenvalue weighted by molar-refractivity contribution is 7.80. The van der Waals surface area contributed by atoms with Gasteiger partial charge in [0, 0.05) is 9.77 Å². The zero-order chi connectivity index (χ0) is 14.5. The quantitative estimate of drug-likeness (QED) is 0.785. The topological polar surface area (TPSA) is 29.1 Å². The molecule has 0 fully saturated rings. The van der Waals surface area contributed by atoms with Crippen LogP contribution in [0.5, 0.6) is 0 Å². The standard InChI is InChI=1S/C15H16FNOS2/c1-2-4-13(14-5-3-8-20-14)17-15(18)11-9-10(19)6-7-12(11)16/h3,5-9,13,19H,2,4H2,1H3,(H,17,18). The van der Waals surface area contributed by atoms with Gasteiger partial charge in [-0.3, -0.25) is 4.79 Å². The van der Waals surface area contributed by atoms with Crippen molar-refractivity contribution in [1.82, 2.24) is 5.32 Å². The Morgan fingerprint density at radius 1 is 1.45 bits per heavy atom. The van der Waals surface area contributed by atoms with Crippen molar-refractivity contribution >= 4 is 29.9 Å². The minimum atomic E-state index is -0.526. The molecule has 0 aliphatic heterocycles. The summed E-state index contributed by atoms with van der Waals surface area (Å²) in [5.41, 5.74) is 0.0372. The van der Waals surface area contributed by atoms with E-state index in [0.29, 0.717) is 4.90 Å². The van der Waals surface area contributed by atoms with Crippen LogP contribution in [0.1, 0.15) is 41.0 Å².